The Balaban J connectivity index is 1.73. The van der Waals surface area contributed by atoms with E-state index in [4.69, 9.17) is 0 Å². The molecule has 0 saturated carbocycles. The molecule has 1 fully saturated rings. The molecule has 2 rings (SSSR count). The second-order valence-corrected chi connectivity index (χ2v) is 10.0. The molecule has 1 aromatic carbocycles. The average molecular weight is 439 g/mol. The molecule has 1 aromatic rings. The summed E-state index contributed by atoms with van der Waals surface area (Å²) < 4.78 is 26.0. The number of unbranched alkanes of at least 4 members (excludes halogenated alkanes) is 1. The van der Waals surface area contributed by atoms with Gasteiger partial charge in [-0.15, -0.1) is 0 Å². The summed E-state index contributed by atoms with van der Waals surface area (Å²) in [7, 11) is -1.97. The van der Waals surface area contributed by atoms with Crippen LogP contribution >= 0.6 is 0 Å². The number of carbonyl (C=O) groups is 1. The molecule has 3 N–H and O–H groups in total. The first-order valence-corrected chi connectivity index (χ1v) is 12.6. The Hall–Kier alpha value is -1.48. The minimum Gasteiger partial charge on any atom is -0.342 e. The molecule has 1 aliphatic rings. The fraction of sp³-hybridized carbons (Fsp3) is 0.682. The van der Waals surface area contributed by atoms with Crippen molar-refractivity contribution in [3.05, 3.63) is 29.8 Å². The summed E-state index contributed by atoms with van der Waals surface area (Å²) >= 11 is 0. The zero-order chi connectivity index (χ0) is 22.0. The largest absolute Gasteiger partial charge is 0.342 e. The third-order valence-corrected chi connectivity index (χ3v) is 7.13. The third-order valence-electron chi connectivity index (χ3n) is 5.70. The molecule has 8 heteroatoms. The maximum absolute atomic E-state index is 12.0. The van der Waals surface area contributed by atoms with E-state index in [0.29, 0.717) is 23.5 Å². The number of nitrogens with one attached hydrogen (secondary N) is 3. The van der Waals surface area contributed by atoms with Crippen LogP contribution in [0.3, 0.4) is 0 Å². The van der Waals surface area contributed by atoms with Crippen molar-refractivity contribution < 1.29 is 13.2 Å². The number of carbonyl (C=O) groups excluding carboxylic acids is 1. The highest BCUT2D eigenvalue weighted by Crippen LogP contribution is 2.13. The van der Waals surface area contributed by atoms with Crippen LogP contribution in [0.5, 0.6) is 0 Å². The van der Waals surface area contributed by atoms with Crippen LogP contribution in [0.15, 0.2) is 29.2 Å². The predicted octanol–water partition coefficient (Wildman–Crippen LogP) is 1.89. The normalized spacial score (nSPS) is 17.6. The zero-order valence-corrected chi connectivity index (χ0v) is 19.4. The predicted molar refractivity (Wildman–Crippen MR) is 121 cm³/mol. The lowest BCUT2D eigenvalue weighted by Crippen LogP contribution is -2.38. The van der Waals surface area contributed by atoms with E-state index < -0.39 is 10.0 Å². The molecule has 0 aromatic heterocycles. The fourth-order valence-corrected chi connectivity index (χ4v) is 4.63. The molecule has 7 nitrogen and oxygen atoms in total. The Kier molecular flexibility index (Phi) is 10.2. The van der Waals surface area contributed by atoms with Crippen LogP contribution in [0.25, 0.3) is 0 Å². The summed E-state index contributed by atoms with van der Waals surface area (Å²) in [4.78, 5) is 14.3. The van der Waals surface area contributed by atoms with Gasteiger partial charge >= 0.3 is 0 Å². The molecule has 170 valence electrons. The first-order valence-electron chi connectivity index (χ1n) is 11.1. The standard InChI is InChI=1S/C22H38N4O3S/c1-4-20(8-5-6-14-26-15-7-13-24-17-22(26)27)25-18(2)16-19-9-11-21(12-10-19)30(28,29)23-3/h9-12,18,20,23-25H,4-8,13-17H2,1-3H3. The first kappa shape index (κ1) is 24.8. The van der Waals surface area contributed by atoms with Gasteiger partial charge in [0.2, 0.25) is 15.9 Å². The van der Waals surface area contributed by atoms with E-state index >= 15 is 0 Å². The molecule has 0 bridgehead atoms. The number of nitrogens with zero attached hydrogens (tertiary/aromatic N) is 1. The highest BCUT2D eigenvalue weighted by atomic mass is 32.2. The molecule has 1 heterocycles. The van der Waals surface area contributed by atoms with E-state index in [1.54, 1.807) is 12.1 Å². The van der Waals surface area contributed by atoms with Gasteiger partial charge in [0.05, 0.1) is 11.4 Å². The van der Waals surface area contributed by atoms with Crippen LogP contribution < -0.4 is 15.4 Å². The van der Waals surface area contributed by atoms with E-state index in [1.807, 2.05) is 17.0 Å². The lowest BCUT2D eigenvalue weighted by Gasteiger charge is -2.24. The lowest BCUT2D eigenvalue weighted by atomic mass is 10.0. The Labute approximate surface area is 182 Å². The number of hydrogen-bond acceptors (Lipinski definition) is 5. The van der Waals surface area contributed by atoms with Crippen molar-refractivity contribution in [1.82, 2.24) is 20.3 Å². The van der Waals surface area contributed by atoms with Crippen molar-refractivity contribution in [3.8, 4) is 0 Å². The van der Waals surface area contributed by atoms with Gasteiger partial charge in [-0.2, -0.15) is 0 Å². The van der Waals surface area contributed by atoms with Crippen LogP contribution in [-0.4, -0.2) is 64.5 Å². The van der Waals surface area contributed by atoms with Gasteiger partial charge in [0, 0.05) is 25.2 Å². The molecule has 1 aliphatic heterocycles. The number of sulfonamides is 1. The minimum atomic E-state index is -3.39. The van der Waals surface area contributed by atoms with Gasteiger partial charge in [-0.25, -0.2) is 13.1 Å². The van der Waals surface area contributed by atoms with Crippen molar-refractivity contribution in [2.45, 2.75) is 69.4 Å². The quantitative estimate of drug-likeness (QED) is 0.434. The van der Waals surface area contributed by atoms with Crippen LogP contribution in [0.2, 0.25) is 0 Å². The molecule has 0 aliphatic carbocycles. The number of benzene rings is 1. The van der Waals surface area contributed by atoms with Gasteiger partial charge in [0.1, 0.15) is 0 Å². The lowest BCUT2D eigenvalue weighted by molar-refractivity contribution is -0.129. The molecule has 0 radical (unpaired) electrons. The minimum absolute atomic E-state index is 0.222. The van der Waals surface area contributed by atoms with E-state index in [-0.39, 0.29) is 5.91 Å². The van der Waals surface area contributed by atoms with Crippen molar-refractivity contribution in [2.24, 2.45) is 0 Å². The fourth-order valence-electron chi connectivity index (χ4n) is 3.90. The van der Waals surface area contributed by atoms with Crippen LogP contribution in [0.4, 0.5) is 0 Å². The van der Waals surface area contributed by atoms with Crippen molar-refractivity contribution in [1.29, 1.82) is 0 Å². The van der Waals surface area contributed by atoms with Crippen LogP contribution in [-0.2, 0) is 21.2 Å². The highest BCUT2D eigenvalue weighted by Gasteiger charge is 2.16. The summed E-state index contributed by atoms with van der Waals surface area (Å²) in [6.45, 7) is 7.49. The SMILES string of the molecule is CCC(CCCCN1CCCNCC1=O)NC(C)Cc1ccc(S(=O)(=O)NC)cc1. The van der Waals surface area contributed by atoms with Gasteiger partial charge < -0.3 is 15.5 Å². The van der Waals surface area contributed by atoms with Crippen LogP contribution in [0.1, 0.15) is 51.5 Å². The third kappa shape index (κ3) is 7.98. The summed E-state index contributed by atoms with van der Waals surface area (Å²) in [5.41, 5.74) is 1.12. The van der Waals surface area contributed by atoms with E-state index in [0.717, 1.165) is 63.7 Å². The summed E-state index contributed by atoms with van der Waals surface area (Å²) in [5, 5.41) is 6.87. The Bertz CT molecular complexity index is 752. The van der Waals surface area contributed by atoms with Crippen molar-refractivity contribution in [3.63, 3.8) is 0 Å². The second kappa shape index (κ2) is 12.4. The molecule has 1 saturated heterocycles. The van der Waals surface area contributed by atoms with Gasteiger partial charge in [-0.3, -0.25) is 4.79 Å². The average Bonchev–Trinajstić information content (AvgIpc) is 2.94. The maximum Gasteiger partial charge on any atom is 0.240 e. The topological polar surface area (TPSA) is 90.5 Å². The van der Waals surface area contributed by atoms with Crippen LogP contribution in [0, 0.1) is 0 Å². The molecule has 1 amide bonds. The molecule has 2 atom stereocenters. The van der Waals surface area contributed by atoms with Gasteiger partial charge in [0.15, 0.2) is 0 Å². The van der Waals surface area contributed by atoms with Crippen molar-refractivity contribution in [2.75, 3.05) is 33.2 Å². The van der Waals surface area contributed by atoms with Gasteiger partial charge in [0.25, 0.3) is 0 Å². The second-order valence-electron chi connectivity index (χ2n) is 8.14. The van der Waals surface area contributed by atoms with E-state index in [2.05, 4.69) is 29.2 Å². The Morgan fingerprint density at radius 1 is 1.20 bits per heavy atom. The first-order chi connectivity index (χ1) is 14.4. The smallest absolute Gasteiger partial charge is 0.240 e. The molecular weight excluding hydrogens is 400 g/mol. The number of amides is 1. The molecule has 30 heavy (non-hydrogen) atoms. The number of rotatable bonds is 12. The van der Waals surface area contributed by atoms with Gasteiger partial charge in [-0.1, -0.05) is 25.5 Å². The summed E-state index contributed by atoms with van der Waals surface area (Å²) in [6, 6.07) is 7.84. The van der Waals surface area contributed by atoms with E-state index in [1.165, 1.54) is 7.05 Å². The Morgan fingerprint density at radius 2 is 1.93 bits per heavy atom. The molecular formula is C22H38N4O3S. The molecule has 2 unspecified atom stereocenters. The maximum atomic E-state index is 12.0. The summed E-state index contributed by atoms with van der Waals surface area (Å²) in [6.07, 6.45) is 6.19. The monoisotopic (exact) mass is 438 g/mol. The van der Waals surface area contributed by atoms with E-state index in [9.17, 15) is 13.2 Å². The zero-order valence-electron chi connectivity index (χ0n) is 18.6. The number of hydrogen-bond donors (Lipinski definition) is 3. The van der Waals surface area contributed by atoms with Crippen molar-refractivity contribution >= 4 is 15.9 Å². The summed E-state index contributed by atoms with van der Waals surface area (Å²) in [5.74, 6) is 0.222. The van der Waals surface area contributed by atoms with Gasteiger partial charge in [-0.05, 0) is 70.3 Å². The molecule has 0 spiro atoms. The highest BCUT2D eigenvalue weighted by molar-refractivity contribution is 7.89. The Morgan fingerprint density at radius 3 is 2.60 bits per heavy atom.